The Bertz CT molecular complexity index is 883. The number of ether oxygens (including phenoxy) is 1. The summed E-state index contributed by atoms with van der Waals surface area (Å²) in [5, 5.41) is 18.0. The minimum atomic E-state index is -1.38. The van der Waals surface area contributed by atoms with Crippen LogP contribution >= 0.6 is 0 Å². The molecule has 1 aliphatic rings. The van der Waals surface area contributed by atoms with Crippen LogP contribution in [-0.2, 0) is 16.0 Å². The standard InChI is InChI=1S/C29H50O2.C3H4O3.Na/c1-20(2)12-9-13-21(3)14-10-15-22(4)16-11-18-29(8)19-17-26-25(7)27(30)23(5)24(6)28(26)31-29;1-2(4)3(5)6;/h20-22,30H,9-19H2,1-8H3;1H3,(H,5,6);. The Morgan fingerprint density at radius 3 is 1.82 bits per heavy atom. The van der Waals surface area contributed by atoms with Crippen molar-refractivity contribution >= 4 is 41.3 Å². The van der Waals surface area contributed by atoms with E-state index < -0.39 is 11.8 Å². The number of aromatic hydroxyl groups is 1. The fraction of sp³-hybridized carbons (Fsp3) is 0.750. The molecule has 0 saturated heterocycles. The van der Waals surface area contributed by atoms with Gasteiger partial charge in [0.2, 0.25) is 5.78 Å². The van der Waals surface area contributed by atoms with E-state index in [1.807, 2.05) is 13.8 Å². The van der Waals surface area contributed by atoms with Gasteiger partial charge in [0, 0.05) is 42.0 Å². The molecule has 3 atom stereocenters. The van der Waals surface area contributed by atoms with E-state index in [1.165, 1.54) is 56.9 Å². The van der Waals surface area contributed by atoms with E-state index in [9.17, 15) is 14.7 Å². The van der Waals surface area contributed by atoms with Gasteiger partial charge in [0.25, 0.3) is 0 Å². The zero-order chi connectivity index (χ0) is 28.3. The Hall–Kier alpha value is -1.04. The van der Waals surface area contributed by atoms with Crippen molar-refractivity contribution in [2.45, 2.75) is 139 Å². The van der Waals surface area contributed by atoms with Gasteiger partial charge in [-0.2, -0.15) is 0 Å². The Morgan fingerprint density at radius 2 is 1.34 bits per heavy atom. The number of rotatable bonds is 13. The summed E-state index contributed by atoms with van der Waals surface area (Å²) < 4.78 is 6.60. The molecule has 5 nitrogen and oxygen atoms in total. The molecule has 0 aliphatic carbocycles. The molecule has 3 unspecified atom stereocenters. The summed E-state index contributed by atoms with van der Waals surface area (Å²) in [7, 11) is 0. The molecule has 1 heterocycles. The number of Topliss-reactive ketones (excluding diaryl/α,β-unsaturated/α-hetero) is 1. The molecule has 1 aliphatic heterocycles. The molecule has 0 saturated carbocycles. The van der Waals surface area contributed by atoms with Crippen molar-refractivity contribution in [3.05, 3.63) is 22.3 Å². The van der Waals surface area contributed by atoms with Crippen molar-refractivity contribution in [3.8, 4) is 11.5 Å². The van der Waals surface area contributed by atoms with Crippen LogP contribution in [0.1, 0.15) is 128 Å². The second kappa shape index (κ2) is 17.6. The van der Waals surface area contributed by atoms with Crippen LogP contribution in [0.2, 0.25) is 0 Å². The predicted octanol–water partition coefficient (Wildman–Crippen LogP) is 8.12. The Balaban J connectivity index is 0.00000175. The fourth-order valence-corrected chi connectivity index (χ4v) is 5.27. The van der Waals surface area contributed by atoms with E-state index in [0.29, 0.717) is 5.75 Å². The largest absolute Gasteiger partial charge is 0.507 e. The number of carbonyl (C=O) groups is 2. The fourth-order valence-electron chi connectivity index (χ4n) is 5.27. The molecule has 213 valence electrons. The van der Waals surface area contributed by atoms with Crippen LogP contribution in [0, 0.1) is 38.5 Å². The minimum Gasteiger partial charge on any atom is -0.507 e. The van der Waals surface area contributed by atoms with Gasteiger partial charge in [-0.3, -0.25) is 4.79 Å². The summed E-state index contributed by atoms with van der Waals surface area (Å²) in [4.78, 5) is 18.9. The van der Waals surface area contributed by atoms with E-state index in [1.54, 1.807) is 0 Å². The summed E-state index contributed by atoms with van der Waals surface area (Å²) in [6, 6.07) is 0. The van der Waals surface area contributed by atoms with Crippen LogP contribution < -0.4 is 4.74 Å². The van der Waals surface area contributed by atoms with Crippen LogP contribution in [0.5, 0.6) is 11.5 Å². The second-order valence-corrected chi connectivity index (χ2v) is 12.3. The molecular formula is C32H54NaO5. The first-order valence-electron chi connectivity index (χ1n) is 14.4. The van der Waals surface area contributed by atoms with Crippen LogP contribution in [0.3, 0.4) is 0 Å². The normalized spacial score (nSPS) is 17.8. The van der Waals surface area contributed by atoms with Crippen molar-refractivity contribution in [3.63, 3.8) is 0 Å². The molecular weight excluding hydrogens is 487 g/mol. The maximum absolute atomic E-state index is 10.4. The van der Waals surface area contributed by atoms with E-state index in [-0.39, 0.29) is 35.2 Å². The zero-order valence-corrected chi connectivity index (χ0v) is 28.1. The smallest absolute Gasteiger partial charge is 0.371 e. The first kappa shape index (κ1) is 37.0. The maximum Gasteiger partial charge on any atom is 0.371 e. The van der Waals surface area contributed by atoms with Gasteiger partial charge in [-0.1, -0.05) is 72.6 Å². The number of phenols is 1. The van der Waals surface area contributed by atoms with Gasteiger partial charge < -0.3 is 14.9 Å². The molecule has 0 spiro atoms. The number of carbonyl (C=O) groups excluding carboxylic acids is 1. The van der Waals surface area contributed by atoms with Crippen molar-refractivity contribution < 1.29 is 24.5 Å². The van der Waals surface area contributed by atoms with Crippen molar-refractivity contribution in [2.75, 3.05) is 0 Å². The topological polar surface area (TPSA) is 83.8 Å². The van der Waals surface area contributed by atoms with E-state index in [2.05, 4.69) is 41.5 Å². The molecule has 0 aromatic heterocycles. The molecule has 2 N–H and O–H groups in total. The van der Waals surface area contributed by atoms with Crippen molar-refractivity contribution in [1.82, 2.24) is 0 Å². The van der Waals surface area contributed by atoms with Gasteiger partial charge in [0.15, 0.2) is 0 Å². The van der Waals surface area contributed by atoms with E-state index in [4.69, 9.17) is 9.84 Å². The summed E-state index contributed by atoms with van der Waals surface area (Å²) in [6.07, 6.45) is 14.1. The SMILES string of the molecule is CC(=O)C(=O)O.Cc1c(C)c2c(c(C)c1O)CCC(C)(CCCC(C)CCCC(C)CCCC(C)C)O2.[Na]. The van der Waals surface area contributed by atoms with Gasteiger partial charge in [0.1, 0.15) is 17.1 Å². The molecule has 0 bridgehead atoms. The Labute approximate surface area is 254 Å². The third-order valence-electron chi connectivity index (χ3n) is 8.17. The molecule has 6 heteroatoms. The number of hydrogen-bond acceptors (Lipinski definition) is 4. The van der Waals surface area contributed by atoms with Gasteiger partial charge in [0.05, 0.1) is 0 Å². The number of phenolic OH excluding ortho intramolecular Hbond substituents is 1. The number of hydrogen-bond donors (Lipinski definition) is 2. The van der Waals surface area contributed by atoms with Gasteiger partial charge >= 0.3 is 5.97 Å². The molecule has 38 heavy (non-hydrogen) atoms. The quantitative estimate of drug-likeness (QED) is 0.195. The second-order valence-electron chi connectivity index (χ2n) is 12.3. The molecule has 1 aromatic carbocycles. The van der Waals surface area contributed by atoms with Crippen LogP contribution in [0.15, 0.2) is 0 Å². The molecule has 0 fully saturated rings. The van der Waals surface area contributed by atoms with Gasteiger partial charge in [-0.05, 0) is 87.8 Å². The first-order chi connectivity index (χ1) is 17.2. The van der Waals surface area contributed by atoms with E-state index in [0.717, 1.165) is 66.4 Å². The number of benzene rings is 1. The van der Waals surface area contributed by atoms with Crippen LogP contribution in [-0.4, -0.2) is 57.1 Å². The first-order valence-corrected chi connectivity index (χ1v) is 14.4. The van der Waals surface area contributed by atoms with Crippen LogP contribution in [0.25, 0.3) is 0 Å². The van der Waals surface area contributed by atoms with Crippen molar-refractivity contribution in [1.29, 1.82) is 0 Å². The summed E-state index contributed by atoms with van der Waals surface area (Å²) in [5.74, 6) is 1.83. The number of ketones is 1. The van der Waals surface area contributed by atoms with Gasteiger partial charge in [-0.15, -0.1) is 0 Å². The average molecular weight is 542 g/mol. The number of carboxylic acids is 1. The average Bonchev–Trinajstić information content (AvgIpc) is 2.81. The predicted molar refractivity (Wildman–Crippen MR) is 158 cm³/mol. The zero-order valence-electron chi connectivity index (χ0n) is 26.1. The van der Waals surface area contributed by atoms with Crippen LogP contribution in [0.4, 0.5) is 0 Å². The number of aliphatic carboxylic acids is 1. The monoisotopic (exact) mass is 541 g/mol. The summed E-state index contributed by atoms with van der Waals surface area (Å²) in [6.45, 7) is 18.9. The minimum absolute atomic E-state index is 0. The van der Waals surface area contributed by atoms with Gasteiger partial charge in [-0.25, -0.2) is 4.79 Å². The summed E-state index contributed by atoms with van der Waals surface area (Å²) in [5.41, 5.74) is 4.23. The molecule has 2 rings (SSSR count). The molecule has 1 radical (unpaired) electrons. The number of carboxylic acid groups (broad SMARTS) is 1. The molecule has 1 aromatic rings. The Morgan fingerprint density at radius 1 is 0.868 bits per heavy atom. The van der Waals surface area contributed by atoms with Crippen molar-refractivity contribution in [2.24, 2.45) is 17.8 Å². The number of fused-ring (bicyclic) bond motifs is 1. The maximum atomic E-state index is 10.4. The third-order valence-corrected chi connectivity index (χ3v) is 8.17. The summed E-state index contributed by atoms with van der Waals surface area (Å²) >= 11 is 0. The third kappa shape index (κ3) is 12.4. The molecule has 0 amide bonds. The van der Waals surface area contributed by atoms with E-state index >= 15 is 0 Å². The Kier molecular flexibility index (Phi) is 17.1.